The first-order chi connectivity index (χ1) is 7.93. The molecule has 0 saturated heterocycles. The van der Waals surface area contributed by atoms with Gasteiger partial charge in [0.1, 0.15) is 5.69 Å². The van der Waals surface area contributed by atoms with Crippen molar-refractivity contribution in [3.63, 3.8) is 0 Å². The quantitative estimate of drug-likeness (QED) is 0.864. The maximum Gasteiger partial charge on any atom is 0.268 e. The van der Waals surface area contributed by atoms with Gasteiger partial charge >= 0.3 is 0 Å². The van der Waals surface area contributed by atoms with Gasteiger partial charge in [-0.25, -0.2) is 0 Å². The Morgan fingerprint density at radius 3 is 2.82 bits per heavy atom. The van der Waals surface area contributed by atoms with Crippen molar-refractivity contribution in [3.05, 3.63) is 23.0 Å². The summed E-state index contributed by atoms with van der Waals surface area (Å²) in [7, 11) is 0. The predicted octanol–water partition coefficient (Wildman–Crippen LogP) is 1.94. The van der Waals surface area contributed by atoms with E-state index in [4.69, 9.17) is 17.3 Å². The Bertz CT molecular complexity index is 435. The van der Waals surface area contributed by atoms with Gasteiger partial charge in [0.05, 0.1) is 5.02 Å². The third-order valence-corrected chi connectivity index (χ3v) is 3.16. The molecule has 0 atom stereocenters. The number of nitrogens with two attached hydrogens (primary N) is 1. The van der Waals surface area contributed by atoms with Crippen LogP contribution in [0.25, 0.3) is 0 Å². The molecule has 2 rings (SSSR count). The number of hydrogen-bond donors (Lipinski definition) is 2. The molecular formula is C12H18ClN3O. The van der Waals surface area contributed by atoms with Crippen molar-refractivity contribution < 1.29 is 4.79 Å². The Balaban J connectivity index is 2.18. The SMILES string of the molecule is CC(C)(CN)NC(=O)c1cc(Cl)cn1C1CC1. The van der Waals surface area contributed by atoms with Gasteiger partial charge in [-0.1, -0.05) is 11.6 Å². The fourth-order valence-electron chi connectivity index (χ4n) is 1.70. The second-order valence-electron chi connectivity index (χ2n) is 5.22. The lowest BCUT2D eigenvalue weighted by Gasteiger charge is -2.24. The van der Waals surface area contributed by atoms with E-state index in [9.17, 15) is 4.79 Å². The Morgan fingerprint density at radius 2 is 2.29 bits per heavy atom. The number of halogens is 1. The third-order valence-electron chi connectivity index (χ3n) is 2.95. The van der Waals surface area contributed by atoms with Crippen LogP contribution in [0.4, 0.5) is 0 Å². The van der Waals surface area contributed by atoms with E-state index in [0.29, 0.717) is 23.3 Å². The average Bonchev–Trinajstić information content (AvgIpc) is 3.01. The van der Waals surface area contributed by atoms with Crippen LogP contribution < -0.4 is 11.1 Å². The Morgan fingerprint density at radius 1 is 1.65 bits per heavy atom. The number of amides is 1. The van der Waals surface area contributed by atoms with E-state index in [2.05, 4.69) is 5.32 Å². The predicted molar refractivity (Wildman–Crippen MR) is 68.3 cm³/mol. The lowest BCUT2D eigenvalue weighted by molar-refractivity contribution is 0.0906. The minimum Gasteiger partial charge on any atom is -0.345 e. The van der Waals surface area contributed by atoms with Gasteiger partial charge in [-0.05, 0) is 32.8 Å². The smallest absolute Gasteiger partial charge is 0.268 e. The van der Waals surface area contributed by atoms with E-state index in [1.165, 1.54) is 0 Å². The maximum atomic E-state index is 12.1. The molecule has 1 aliphatic rings. The normalized spacial score (nSPS) is 16.0. The van der Waals surface area contributed by atoms with Crippen molar-refractivity contribution in [2.24, 2.45) is 5.73 Å². The molecule has 1 amide bonds. The monoisotopic (exact) mass is 255 g/mol. The zero-order valence-corrected chi connectivity index (χ0v) is 10.9. The van der Waals surface area contributed by atoms with Gasteiger partial charge in [-0.3, -0.25) is 4.79 Å². The molecule has 3 N–H and O–H groups in total. The maximum absolute atomic E-state index is 12.1. The Hall–Kier alpha value is -1.00. The number of hydrogen-bond acceptors (Lipinski definition) is 2. The van der Waals surface area contributed by atoms with E-state index in [1.807, 2.05) is 24.6 Å². The van der Waals surface area contributed by atoms with Crippen LogP contribution in [0.5, 0.6) is 0 Å². The van der Waals surface area contributed by atoms with E-state index in [0.717, 1.165) is 12.8 Å². The van der Waals surface area contributed by atoms with E-state index in [-0.39, 0.29) is 5.91 Å². The van der Waals surface area contributed by atoms with Gasteiger partial charge < -0.3 is 15.6 Å². The molecule has 0 spiro atoms. The lowest BCUT2D eigenvalue weighted by atomic mass is 10.1. The minimum absolute atomic E-state index is 0.112. The van der Waals surface area contributed by atoms with Crippen LogP contribution in [-0.4, -0.2) is 22.6 Å². The molecule has 94 valence electrons. The van der Waals surface area contributed by atoms with E-state index < -0.39 is 5.54 Å². The largest absolute Gasteiger partial charge is 0.345 e. The number of aromatic nitrogens is 1. The summed E-state index contributed by atoms with van der Waals surface area (Å²) < 4.78 is 1.96. The summed E-state index contributed by atoms with van der Waals surface area (Å²) in [6.07, 6.45) is 4.06. The number of carbonyl (C=O) groups is 1. The number of nitrogens with zero attached hydrogens (tertiary/aromatic N) is 1. The highest BCUT2D eigenvalue weighted by molar-refractivity contribution is 6.31. The van der Waals surface area contributed by atoms with E-state index in [1.54, 1.807) is 6.07 Å². The van der Waals surface area contributed by atoms with Crippen molar-refractivity contribution in [2.75, 3.05) is 6.54 Å². The number of nitrogens with one attached hydrogen (secondary N) is 1. The molecule has 1 aromatic heterocycles. The van der Waals surface area contributed by atoms with Crippen molar-refractivity contribution in [3.8, 4) is 0 Å². The Labute approximate surface area is 106 Å². The molecule has 0 aliphatic heterocycles. The number of carbonyl (C=O) groups excluding carboxylic acids is 1. The van der Waals surface area contributed by atoms with Gasteiger partial charge in [-0.15, -0.1) is 0 Å². The molecule has 1 aliphatic carbocycles. The molecule has 0 bridgehead atoms. The van der Waals surface area contributed by atoms with Crippen LogP contribution in [0, 0.1) is 0 Å². The van der Waals surface area contributed by atoms with Crippen LogP contribution in [-0.2, 0) is 0 Å². The fraction of sp³-hybridized carbons (Fsp3) is 0.583. The Kier molecular flexibility index (Phi) is 3.19. The van der Waals surface area contributed by atoms with Crippen molar-refractivity contribution in [1.82, 2.24) is 9.88 Å². The van der Waals surface area contributed by atoms with Crippen LogP contribution >= 0.6 is 11.6 Å². The standard InChI is InChI=1S/C12H18ClN3O/c1-12(2,7-14)15-11(17)10-5-8(13)6-16(10)9-3-4-9/h5-6,9H,3-4,7,14H2,1-2H3,(H,15,17). The number of rotatable bonds is 4. The van der Waals surface area contributed by atoms with Crippen LogP contribution in [0.15, 0.2) is 12.3 Å². The summed E-state index contributed by atoms with van der Waals surface area (Å²) >= 11 is 5.96. The second kappa shape index (κ2) is 4.35. The lowest BCUT2D eigenvalue weighted by Crippen LogP contribution is -2.49. The highest BCUT2D eigenvalue weighted by atomic mass is 35.5. The zero-order chi connectivity index (χ0) is 12.6. The fourth-order valence-corrected chi connectivity index (χ4v) is 1.91. The molecule has 1 saturated carbocycles. The van der Waals surface area contributed by atoms with Crippen molar-refractivity contribution in [1.29, 1.82) is 0 Å². The molecule has 0 aromatic carbocycles. The van der Waals surface area contributed by atoms with Gasteiger partial charge in [0.15, 0.2) is 0 Å². The highest BCUT2D eigenvalue weighted by Crippen LogP contribution is 2.37. The first-order valence-corrected chi connectivity index (χ1v) is 6.21. The van der Waals surface area contributed by atoms with Gasteiger partial charge in [-0.2, -0.15) is 0 Å². The van der Waals surface area contributed by atoms with Crippen LogP contribution in [0.3, 0.4) is 0 Å². The molecule has 0 unspecified atom stereocenters. The molecular weight excluding hydrogens is 238 g/mol. The molecule has 5 heteroatoms. The summed E-state index contributed by atoms with van der Waals surface area (Å²) in [5.41, 5.74) is 5.82. The molecule has 4 nitrogen and oxygen atoms in total. The van der Waals surface area contributed by atoms with Crippen LogP contribution in [0.1, 0.15) is 43.2 Å². The van der Waals surface area contributed by atoms with Crippen molar-refractivity contribution in [2.45, 2.75) is 38.3 Å². The third kappa shape index (κ3) is 2.82. The van der Waals surface area contributed by atoms with E-state index >= 15 is 0 Å². The molecule has 1 fully saturated rings. The first-order valence-electron chi connectivity index (χ1n) is 5.83. The average molecular weight is 256 g/mol. The second-order valence-corrected chi connectivity index (χ2v) is 5.66. The summed E-state index contributed by atoms with van der Waals surface area (Å²) in [5, 5.41) is 3.52. The van der Waals surface area contributed by atoms with Crippen LogP contribution in [0.2, 0.25) is 5.02 Å². The molecule has 0 radical (unpaired) electrons. The van der Waals surface area contributed by atoms with Gasteiger partial charge in [0.25, 0.3) is 5.91 Å². The summed E-state index contributed by atoms with van der Waals surface area (Å²) in [6.45, 7) is 4.20. The molecule has 1 aromatic rings. The topological polar surface area (TPSA) is 60.0 Å². The highest BCUT2D eigenvalue weighted by Gasteiger charge is 2.29. The van der Waals surface area contributed by atoms with Gasteiger partial charge in [0.2, 0.25) is 0 Å². The van der Waals surface area contributed by atoms with Crippen molar-refractivity contribution >= 4 is 17.5 Å². The zero-order valence-electron chi connectivity index (χ0n) is 10.2. The molecule has 1 heterocycles. The first kappa shape index (κ1) is 12.5. The molecule has 17 heavy (non-hydrogen) atoms. The summed E-state index contributed by atoms with van der Waals surface area (Å²) in [6, 6.07) is 2.14. The summed E-state index contributed by atoms with van der Waals surface area (Å²) in [4.78, 5) is 12.1. The minimum atomic E-state index is -0.401. The van der Waals surface area contributed by atoms with Gasteiger partial charge in [0, 0.05) is 24.3 Å². The summed E-state index contributed by atoms with van der Waals surface area (Å²) in [5.74, 6) is -0.112.